The number of rotatable bonds is 5. The molecule has 1 atom stereocenters. The Morgan fingerprint density at radius 2 is 1.88 bits per heavy atom. The van der Waals surface area contributed by atoms with Gasteiger partial charge in [0.05, 0.1) is 0 Å². The van der Waals surface area contributed by atoms with Crippen LogP contribution in [0.2, 0.25) is 0 Å². The van der Waals surface area contributed by atoms with Crippen LogP contribution in [-0.4, -0.2) is 17.9 Å². The summed E-state index contributed by atoms with van der Waals surface area (Å²) in [5.41, 5.74) is 1.04. The summed E-state index contributed by atoms with van der Waals surface area (Å²) in [7, 11) is 0. The molecule has 0 heterocycles. The van der Waals surface area contributed by atoms with Crippen molar-refractivity contribution in [2.24, 2.45) is 0 Å². The molecule has 4 heteroatoms. The van der Waals surface area contributed by atoms with E-state index in [0.29, 0.717) is 13.0 Å². The zero-order valence-corrected chi connectivity index (χ0v) is 10.2. The highest BCUT2D eigenvalue weighted by Crippen LogP contribution is 1.98. The Balaban J connectivity index is 2.45. The van der Waals surface area contributed by atoms with Gasteiger partial charge in [-0.3, -0.25) is 9.59 Å². The Morgan fingerprint density at radius 1 is 1.24 bits per heavy atom. The monoisotopic (exact) mass is 234 g/mol. The van der Waals surface area contributed by atoms with Crippen molar-refractivity contribution in [2.75, 3.05) is 0 Å². The Morgan fingerprint density at radius 3 is 2.41 bits per heavy atom. The molecule has 2 N–H and O–H groups in total. The number of amides is 2. The lowest BCUT2D eigenvalue weighted by atomic mass is 10.2. The van der Waals surface area contributed by atoms with E-state index in [1.807, 2.05) is 37.3 Å². The molecule has 2 amide bonds. The van der Waals surface area contributed by atoms with Crippen molar-refractivity contribution < 1.29 is 9.59 Å². The van der Waals surface area contributed by atoms with E-state index < -0.39 is 6.04 Å². The standard InChI is InChI=1S/C13H18N2O2/c1-3-12(15-10(2)16)13(17)14-9-11-7-5-4-6-8-11/h4-8,12H,3,9H2,1-2H3,(H,14,17)(H,15,16)/t12-/m0/s1. The molecule has 0 bridgehead atoms. The first-order valence-corrected chi connectivity index (χ1v) is 5.72. The maximum Gasteiger partial charge on any atom is 0.242 e. The van der Waals surface area contributed by atoms with Crippen LogP contribution >= 0.6 is 0 Å². The van der Waals surface area contributed by atoms with E-state index in [0.717, 1.165) is 5.56 Å². The number of hydrogen-bond donors (Lipinski definition) is 2. The molecular weight excluding hydrogens is 216 g/mol. The topological polar surface area (TPSA) is 58.2 Å². The average molecular weight is 234 g/mol. The molecular formula is C13H18N2O2. The second kappa shape index (κ2) is 6.68. The Kier molecular flexibility index (Phi) is 5.20. The zero-order valence-electron chi connectivity index (χ0n) is 10.2. The van der Waals surface area contributed by atoms with E-state index >= 15 is 0 Å². The van der Waals surface area contributed by atoms with Gasteiger partial charge in [0.25, 0.3) is 0 Å². The number of benzene rings is 1. The van der Waals surface area contributed by atoms with Gasteiger partial charge in [-0.15, -0.1) is 0 Å². The van der Waals surface area contributed by atoms with E-state index in [-0.39, 0.29) is 11.8 Å². The van der Waals surface area contributed by atoms with E-state index in [9.17, 15) is 9.59 Å². The minimum atomic E-state index is -0.448. The van der Waals surface area contributed by atoms with Crippen LogP contribution in [0.1, 0.15) is 25.8 Å². The average Bonchev–Trinajstić information content (AvgIpc) is 2.34. The van der Waals surface area contributed by atoms with Gasteiger partial charge in [-0.25, -0.2) is 0 Å². The maximum absolute atomic E-state index is 11.8. The van der Waals surface area contributed by atoms with Crippen molar-refractivity contribution in [1.29, 1.82) is 0 Å². The third-order valence-electron chi connectivity index (χ3n) is 2.41. The van der Waals surface area contributed by atoms with Crippen molar-refractivity contribution in [3.8, 4) is 0 Å². The van der Waals surface area contributed by atoms with Crippen molar-refractivity contribution in [1.82, 2.24) is 10.6 Å². The summed E-state index contributed by atoms with van der Waals surface area (Å²) in [6.45, 7) is 3.76. The Labute approximate surface area is 101 Å². The molecule has 1 aromatic rings. The molecule has 1 rings (SSSR count). The number of nitrogens with one attached hydrogen (secondary N) is 2. The minimum absolute atomic E-state index is 0.147. The highest BCUT2D eigenvalue weighted by atomic mass is 16.2. The van der Waals surface area contributed by atoms with E-state index in [2.05, 4.69) is 10.6 Å². The highest BCUT2D eigenvalue weighted by Gasteiger charge is 2.16. The SMILES string of the molecule is CC[C@H](NC(C)=O)C(=O)NCc1ccccc1. The summed E-state index contributed by atoms with van der Waals surface area (Å²) < 4.78 is 0. The first kappa shape index (κ1) is 13.2. The largest absolute Gasteiger partial charge is 0.350 e. The van der Waals surface area contributed by atoms with E-state index in [1.54, 1.807) is 0 Å². The van der Waals surface area contributed by atoms with Crippen molar-refractivity contribution in [3.05, 3.63) is 35.9 Å². The molecule has 0 saturated heterocycles. The first-order chi connectivity index (χ1) is 8.13. The van der Waals surface area contributed by atoms with Crippen LogP contribution in [0.5, 0.6) is 0 Å². The fourth-order valence-corrected chi connectivity index (χ4v) is 1.51. The Hall–Kier alpha value is -1.84. The molecule has 17 heavy (non-hydrogen) atoms. The normalized spacial score (nSPS) is 11.6. The van der Waals surface area contributed by atoms with Gasteiger partial charge in [-0.1, -0.05) is 37.3 Å². The molecule has 0 fully saturated rings. The summed E-state index contributed by atoms with van der Waals surface area (Å²) in [4.78, 5) is 22.7. The lowest BCUT2D eigenvalue weighted by Crippen LogP contribution is -2.45. The second-order valence-electron chi connectivity index (χ2n) is 3.86. The summed E-state index contributed by atoms with van der Waals surface area (Å²) in [6, 6.07) is 9.21. The minimum Gasteiger partial charge on any atom is -0.350 e. The predicted molar refractivity (Wildman–Crippen MR) is 66.2 cm³/mol. The zero-order chi connectivity index (χ0) is 12.7. The van der Waals surface area contributed by atoms with E-state index in [1.165, 1.54) is 6.92 Å². The molecule has 0 aliphatic rings. The molecule has 0 radical (unpaired) electrons. The van der Waals surface area contributed by atoms with Gasteiger partial charge < -0.3 is 10.6 Å². The lowest BCUT2D eigenvalue weighted by molar-refractivity contribution is -0.128. The third-order valence-corrected chi connectivity index (χ3v) is 2.41. The summed E-state index contributed by atoms with van der Waals surface area (Å²) >= 11 is 0. The van der Waals surface area contributed by atoms with Gasteiger partial charge in [0.1, 0.15) is 6.04 Å². The fraction of sp³-hybridized carbons (Fsp3) is 0.385. The lowest BCUT2D eigenvalue weighted by Gasteiger charge is -2.15. The van der Waals surface area contributed by atoms with E-state index in [4.69, 9.17) is 0 Å². The first-order valence-electron chi connectivity index (χ1n) is 5.72. The van der Waals surface area contributed by atoms with Crippen molar-refractivity contribution >= 4 is 11.8 Å². The number of carbonyl (C=O) groups is 2. The maximum atomic E-state index is 11.8. The van der Waals surface area contributed by atoms with Crippen LogP contribution in [0.4, 0.5) is 0 Å². The van der Waals surface area contributed by atoms with Gasteiger partial charge in [-0.05, 0) is 12.0 Å². The van der Waals surface area contributed by atoms with Crippen LogP contribution in [-0.2, 0) is 16.1 Å². The van der Waals surface area contributed by atoms with Crippen LogP contribution in [0.3, 0.4) is 0 Å². The molecule has 0 unspecified atom stereocenters. The molecule has 0 aromatic heterocycles. The van der Waals surface area contributed by atoms with Crippen LogP contribution < -0.4 is 10.6 Å². The summed E-state index contributed by atoms with van der Waals surface area (Å²) in [5.74, 6) is -0.335. The summed E-state index contributed by atoms with van der Waals surface area (Å²) in [5, 5.41) is 5.42. The van der Waals surface area contributed by atoms with Crippen LogP contribution in [0.15, 0.2) is 30.3 Å². The molecule has 0 aliphatic carbocycles. The number of carbonyl (C=O) groups excluding carboxylic acids is 2. The van der Waals surface area contributed by atoms with Gasteiger partial charge in [0, 0.05) is 13.5 Å². The van der Waals surface area contributed by atoms with Crippen LogP contribution in [0, 0.1) is 0 Å². The second-order valence-corrected chi connectivity index (χ2v) is 3.86. The molecule has 92 valence electrons. The van der Waals surface area contributed by atoms with Crippen LogP contribution in [0.25, 0.3) is 0 Å². The van der Waals surface area contributed by atoms with Gasteiger partial charge >= 0.3 is 0 Å². The van der Waals surface area contributed by atoms with Gasteiger partial charge in [-0.2, -0.15) is 0 Å². The van der Waals surface area contributed by atoms with Gasteiger partial charge in [0.15, 0.2) is 0 Å². The molecule has 0 saturated carbocycles. The molecule has 0 spiro atoms. The quantitative estimate of drug-likeness (QED) is 0.804. The van der Waals surface area contributed by atoms with Crippen molar-refractivity contribution in [2.45, 2.75) is 32.9 Å². The fourth-order valence-electron chi connectivity index (χ4n) is 1.51. The highest BCUT2D eigenvalue weighted by molar-refractivity contribution is 5.86. The molecule has 4 nitrogen and oxygen atoms in total. The smallest absolute Gasteiger partial charge is 0.242 e. The Bertz CT molecular complexity index is 376. The molecule has 1 aromatic carbocycles. The van der Waals surface area contributed by atoms with Crippen molar-refractivity contribution in [3.63, 3.8) is 0 Å². The van der Waals surface area contributed by atoms with Gasteiger partial charge in [0.2, 0.25) is 11.8 Å². The number of hydrogen-bond acceptors (Lipinski definition) is 2. The predicted octanol–water partition coefficient (Wildman–Crippen LogP) is 1.22. The summed E-state index contributed by atoms with van der Waals surface area (Å²) in [6.07, 6.45) is 0.584. The third kappa shape index (κ3) is 4.68. The molecule has 0 aliphatic heterocycles.